The molecule has 0 radical (unpaired) electrons. The van der Waals surface area contributed by atoms with E-state index in [0.717, 1.165) is 54.8 Å². The fourth-order valence-corrected chi connectivity index (χ4v) is 10.4. The molecule has 2 heterocycles. The van der Waals surface area contributed by atoms with Crippen LogP contribution in [-0.2, 0) is 60.3 Å². The summed E-state index contributed by atoms with van der Waals surface area (Å²) in [5.74, 6) is -0.950. The van der Waals surface area contributed by atoms with Crippen LogP contribution in [-0.4, -0.2) is 116 Å². The van der Waals surface area contributed by atoms with Crippen LogP contribution in [0, 0.1) is 0 Å². The molecule has 4 N–H and O–H groups in total. The lowest BCUT2D eigenvalue weighted by Crippen LogP contribution is -2.34. The molecule has 17 nitrogen and oxygen atoms in total. The van der Waals surface area contributed by atoms with Gasteiger partial charge < -0.3 is 19.9 Å². The van der Waals surface area contributed by atoms with E-state index < -0.39 is 46.9 Å². The third-order valence-electron chi connectivity index (χ3n) is 12.9. The number of nitrogens with one attached hydrogen (secondary N) is 2. The zero-order chi connectivity index (χ0) is 47.5. The molecule has 2 atom stereocenters. The highest BCUT2D eigenvalue weighted by Gasteiger charge is 2.47. The summed E-state index contributed by atoms with van der Waals surface area (Å²) < 4.78 is 110. The maximum Gasteiger partial charge on any atom is 0.305 e. The molecule has 64 heavy (non-hydrogen) atoms. The Morgan fingerprint density at radius 3 is 1.53 bits per heavy atom. The number of ether oxygens (including phenoxy) is 1. The zero-order valence-corrected chi connectivity index (χ0v) is 40.1. The van der Waals surface area contributed by atoms with E-state index in [2.05, 4.69) is 22.1 Å². The average Bonchev–Trinajstić information content (AvgIpc) is 3.55. The van der Waals surface area contributed by atoms with Crippen LogP contribution in [0.5, 0.6) is 0 Å². The van der Waals surface area contributed by atoms with Gasteiger partial charge in [0.1, 0.15) is 23.2 Å². The first-order valence-corrected chi connectivity index (χ1v) is 26.4. The molecular formula is C44H65N4O13S3+. The summed E-state index contributed by atoms with van der Waals surface area (Å²) in [7, 11) is -11.9. The van der Waals surface area contributed by atoms with E-state index >= 15 is 0 Å². The minimum Gasteiger partial charge on any atom is -0.744 e. The molecule has 0 saturated heterocycles. The lowest BCUT2D eigenvalue weighted by Gasteiger charge is -2.23. The van der Waals surface area contributed by atoms with Gasteiger partial charge in [0, 0.05) is 82.3 Å². The van der Waals surface area contributed by atoms with Crippen LogP contribution < -0.4 is 10.6 Å². The van der Waals surface area contributed by atoms with Gasteiger partial charge in [-0.05, 0) is 76.6 Å². The summed E-state index contributed by atoms with van der Waals surface area (Å²) in [6, 6.07) is 8.88. The lowest BCUT2D eigenvalue weighted by atomic mass is 9.76. The van der Waals surface area contributed by atoms with Crippen molar-refractivity contribution < 1.29 is 67.2 Å². The maximum atomic E-state index is 12.6. The fraction of sp³-hybridized carbons (Fsp3) is 0.614. The molecule has 2 aromatic carbocycles. The fourth-order valence-electron chi connectivity index (χ4n) is 8.94. The molecule has 0 saturated carbocycles. The van der Waals surface area contributed by atoms with Gasteiger partial charge >= 0.3 is 5.97 Å². The van der Waals surface area contributed by atoms with Crippen molar-refractivity contribution in [1.29, 1.82) is 0 Å². The van der Waals surface area contributed by atoms with Crippen molar-refractivity contribution in [2.24, 2.45) is 0 Å². The molecule has 0 fully saturated rings. The Hall–Kier alpha value is -4.08. The van der Waals surface area contributed by atoms with Crippen LogP contribution in [0.3, 0.4) is 0 Å². The van der Waals surface area contributed by atoms with Gasteiger partial charge in [-0.25, -0.2) is 8.42 Å². The number of rotatable bonds is 27. The van der Waals surface area contributed by atoms with Gasteiger partial charge in [-0.15, -0.1) is 0 Å². The second-order valence-electron chi connectivity index (χ2n) is 17.3. The van der Waals surface area contributed by atoms with Crippen LogP contribution in [0.2, 0.25) is 0 Å². The highest BCUT2D eigenvalue weighted by molar-refractivity contribution is 7.86. The number of amides is 2. The smallest absolute Gasteiger partial charge is 0.305 e. The molecule has 0 aromatic heterocycles. The van der Waals surface area contributed by atoms with Crippen LogP contribution in [0.4, 0.5) is 11.4 Å². The van der Waals surface area contributed by atoms with Crippen LogP contribution in [0.25, 0.3) is 0 Å². The topological polar surface area (TPSA) is 256 Å². The Balaban J connectivity index is 1.17. The summed E-state index contributed by atoms with van der Waals surface area (Å²) in [4.78, 5) is 36.2. The Labute approximate surface area is 378 Å². The summed E-state index contributed by atoms with van der Waals surface area (Å²) in [6.45, 7) is 9.43. The third kappa shape index (κ3) is 14.0. The van der Waals surface area contributed by atoms with E-state index in [1.807, 2.05) is 25.3 Å². The van der Waals surface area contributed by atoms with E-state index in [9.17, 15) is 53.3 Å². The molecular weight excluding hydrogens is 889 g/mol. The van der Waals surface area contributed by atoms with Gasteiger partial charge in [0.05, 0.1) is 33.5 Å². The molecule has 0 aliphatic carbocycles. The van der Waals surface area contributed by atoms with Crippen molar-refractivity contribution in [3.8, 4) is 0 Å². The quantitative estimate of drug-likeness (QED) is 0.0377. The van der Waals surface area contributed by atoms with E-state index in [1.54, 1.807) is 18.2 Å². The minimum absolute atomic E-state index is 0.118. The van der Waals surface area contributed by atoms with E-state index in [4.69, 9.17) is 4.74 Å². The van der Waals surface area contributed by atoms with Crippen LogP contribution in [0.1, 0.15) is 135 Å². The number of benzene rings is 2. The monoisotopic (exact) mass is 953 g/mol. The molecule has 2 aliphatic heterocycles. The van der Waals surface area contributed by atoms with E-state index in [1.165, 1.54) is 25.3 Å². The number of nitrogens with zero attached hydrogens (tertiary/aromatic N) is 2. The molecule has 356 valence electrons. The summed E-state index contributed by atoms with van der Waals surface area (Å²) in [5, 5.41) is 5.68. The van der Waals surface area contributed by atoms with Crippen LogP contribution in [0.15, 0.2) is 46.2 Å². The molecule has 20 heteroatoms. The Bertz CT molecular complexity index is 2450. The van der Waals surface area contributed by atoms with Crippen molar-refractivity contribution in [2.75, 3.05) is 39.0 Å². The number of hydrogen-bond donors (Lipinski definition) is 4. The van der Waals surface area contributed by atoms with Gasteiger partial charge in [0.2, 0.25) is 23.2 Å². The molecule has 2 amide bonds. The summed E-state index contributed by atoms with van der Waals surface area (Å²) in [5.41, 5.74) is 3.86. The molecule has 0 spiro atoms. The predicted octanol–water partition coefficient (Wildman–Crippen LogP) is 5.43. The van der Waals surface area contributed by atoms with Gasteiger partial charge in [0.25, 0.3) is 20.2 Å². The van der Waals surface area contributed by atoms with Gasteiger partial charge in [-0.3, -0.25) is 23.5 Å². The normalized spacial score (nSPS) is 18.6. The number of unbranched alkanes of at least 4 members (excludes halogenated alkanes) is 6. The summed E-state index contributed by atoms with van der Waals surface area (Å²) in [6.07, 6.45) is 8.89. The Kier molecular flexibility index (Phi) is 18.4. The zero-order valence-electron chi connectivity index (χ0n) is 37.6. The largest absolute Gasteiger partial charge is 0.744 e. The average molecular weight is 954 g/mol. The Morgan fingerprint density at radius 1 is 0.641 bits per heavy atom. The first kappa shape index (κ1) is 52.5. The number of esters is 1. The number of fused-ring (bicyclic) bond motifs is 2. The van der Waals surface area contributed by atoms with E-state index in [0.29, 0.717) is 69.2 Å². The van der Waals surface area contributed by atoms with Crippen molar-refractivity contribution in [3.05, 3.63) is 47.5 Å². The number of carbonyl (C=O) groups is 3. The van der Waals surface area contributed by atoms with Crippen molar-refractivity contribution >= 4 is 70.9 Å². The number of hydrogen-bond acceptors (Lipinski definition) is 11. The van der Waals surface area contributed by atoms with Crippen LogP contribution >= 0.6 is 0 Å². The second kappa shape index (κ2) is 22.4. The minimum atomic E-state index is -4.72. The van der Waals surface area contributed by atoms with Gasteiger partial charge in [-0.1, -0.05) is 25.7 Å². The molecule has 2 aliphatic rings. The summed E-state index contributed by atoms with van der Waals surface area (Å²) >= 11 is 0. The highest BCUT2D eigenvalue weighted by atomic mass is 32.2. The molecule has 2 unspecified atom stereocenters. The predicted molar refractivity (Wildman–Crippen MR) is 240 cm³/mol. The lowest BCUT2D eigenvalue weighted by molar-refractivity contribution is -0.439. The number of methoxy groups -OCH3 is 1. The maximum absolute atomic E-state index is 12.6. The first-order chi connectivity index (χ1) is 29.9. The number of carbonyl (C=O) groups excluding carboxylic acids is 3. The van der Waals surface area contributed by atoms with Gasteiger partial charge in [0.15, 0.2) is 11.4 Å². The van der Waals surface area contributed by atoms with Crippen molar-refractivity contribution in [3.63, 3.8) is 0 Å². The molecule has 0 bridgehead atoms. The SMILES string of the molecule is COC(=O)CCCCCC1(C)C(C)=[N+](CCCCCC(=O)NCCNC(=O)CCCCCC2(C)C(C)=[N+](CCCS(=O)(=O)O)c3ccc(S(=O)(=O)[O-])cc32)c2ccc(S(=O)(=O)O)cc21. The van der Waals surface area contributed by atoms with Crippen molar-refractivity contribution in [1.82, 2.24) is 10.6 Å². The third-order valence-corrected chi connectivity index (χ3v) is 15.4. The second-order valence-corrected chi connectivity index (χ2v) is 21.6. The van der Waals surface area contributed by atoms with Crippen molar-refractivity contribution in [2.45, 2.75) is 145 Å². The highest BCUT2D eigenvalue weighted by Crippen LogP contribution is 2.45. The Morgan fingerprint density at radius 2 is 1.08 bits per heavy atom. The molecule has 2 aromatic rings. The van der Waals surface area contributed by atoms with Gasteiger partial charge in [-0.2, -0.15) is 26.0 Å². The van der Waals surface area contributed by atoms with E-state index in [-0.39, 0.29) is 60.1 Å². The molecule has 4 rings (SSSR count). The standard InChI is InChI=1S/C44H64N4O13S3/c1-32-43(3,24-13-7-11-18-42(51)61-5)36-30-34(63(55,56)57)19-21-38(36)47(32)27-14-8-10-17-41(50)46-26-25-45-40(49)16-9-6-12-23-44(4)33(2)48(28-15-29-62(52,53)54)39-22-20-35(31-37(39)44)64(58,59)60/h19-22,30-31H,6-18,23-29H2,1-5H3,(H3-2,45,46,49,50,52,53,54,55,56,57,58,59,60)/p+1. The first-order valence-electron chi connectivity index (χ1n) is 21.9.